The number of allylic oxidation sites excluding steroid dienone is 1. The maximum Gasteiger partial charge on any atom is 0.270 e. The molecule has 1 aromatic rings. The number of hydrogen-bond acceptors (Lipinski definition) is 3. The molecule has 0 amide bonds. The van der Waals surface area contributed by atoms with Crippen LogP contribution < -0.4 is 4.90 Å². The lowest BCUT2D eigenvalue weighted by atomic mass is 10.1. The molecule has 0 heterocycles. The van der Waals surface area contributed by atoms with Gasteiger partial charge in [0.2, 0.25) is 0 Å². The van der Waals surface area contributed by atoms with Crippen molar-refractivity contribution in [3.05, 3.63) is 38.9 Å². The molecule has 1 rings (SSSR count). The standard InChI is InChI=1S/C12H15ClN2O2/c1-4-14(3)12-6-5-11(15(16)17)8-10(12)7-9(2)13/h5-8H,4H2,1-3H3/b9-7-. The Kier molecular flexibility index (Phi) is 4.52. The minimum atomic E-state index is -0.406. The van der Waals surface area contributed by atoms with Crippen LogP contribution >= 0.6 is 11.6 Å². The Morgan fingerprint density at radius 3 is 2.71 bits per heavy atom. The molecular weight excluding hydrogens is 240 g/mol. The highest BCUT2D eigenvalue weighted by Crippen LogP contribution is 2.27. The quantitative estimate of drug-likeness (QED) is 0.609. The van der Waals surface area contributed by atoms with Gasteiger partial charge in [0.25, 0.3) is 5.69 Å². The third kappa shape index (κ3) is 3.46. The summed E-state index contributed by atoms with van der Waals surface area (Å²) < 4.78 is 0. The van der Waals surface area contributed by atoms with Crippen LogP contribution in [0.25, 0.3) is 6.08 Å². The monoisotopic (exact) mass is 254 g/mol. The highest BCUT2D eigenvalue weighted by molar-refractivity contribution is 6.31. The summed E-state index contributed by atoms with van der Waals surface area (Å²) in [6.45, 7) is 4.58. The van der Waals surface area contributed by atoms with Gasteiger partial charge < -0.3 is 4.90 Å². The van der Waals surface area contributed by atoms with Crippen molar-refractivity contribution in [1.29, 1.82) is 0 Å². The molecule has 92 valence electrons. The molecule has 0 bridgehead atoms. The SMILES string of the molecule is CCN(C)c1ccc([N+](=O)[O-])cc1/C=C(/C)Cl. The maximum absolute atomic E-state index is 10.7. The normalized spacial score (nSPS) is 11.4. The molecule has 0 atom stereocenters. The molecular formula is C12H15ClN2O2. The summed E-state index contributed by atoms with van der Waals surface area (Å²) in [5.74, 6) is 0. The van der Waals surface area contributed by atoms with E-state index < -0.39 is 4.92 Å². The first-order valence-electron chi connectivity index (χ1n) is 5.29. The van der Waals surface area contributed by atoms with E-state index in [1.165, 1.54) is 12.1 Å². The zero-order valence-electron chi connectivity index (χ0n) is 10.1. The summed E-state index contributed by atoms with van der Waals surface area (Å²) in [5, 5.41) is 11.3. The van der Waals surface area contributed by atoms with Crippen LogP contribution in [-0.2, 0) is 0 Å². The molecule has 0 unspecified atom stereocenters. The van der Waals surface area contributed by atoms with Crippen molar-refractivity contribution in [3.8, 4) is 0 Å². The van der Waals surface area contributed by atoms with Crippen molar-refractivity contribution >= 4 is 29.1 Å². The van der Waals surface area contributed by atoms with Gasteiger partial charge in [-0.05, 0) is 26.0 Å². The number of nitro groups is 1. The Balaban J connectivity index is 3.31. The van der Waals surface area contributed by atoms with Gasteiger partial charge in [-0.1, -0.05) is 11.6 Å². The zero-order chi connectivity index (χ0) is 13.0. The second kappa shape index (κ2) is 5.68. The average molecular weight is 255 g/mol. The minimum absolute atomic E-state index is 0.0717. The largest absolute Gasteiger partial charge is 0.374 e. The number of anilines is 1. The topological polar surface area (TPSA) is 46.4 Å². The van der Waals surface area contributed by atoms with Crippen molar-refractivity contribution < 1.29 is 4.92 Å². The molecule has 0 aliphatic heterocycles. The molecule has 0 aliphatic carbocycles. The molecule has 0 saturated carbocycles. The van der Waals surface area contributed by atoms with Crippen LogP contribution in [0.1, 0.15) is 19.4 Å². The molecule has 0 radical (unpaired) electrons. The fourth-order valence-electron chi connectivity index (χ4n) is 1.50. The molecule has 0 fully saturated rings. The highest BCUT2D eigenvalue weighted by Gasteiger charge is 2.11. The third-order valence-electron chi connectivity index (χ3n) is 2.46. The lowest BCUT2D eigenvalue weighted by Crippen LogP contribution is -2.16. The van der Waals surface area contributed by atoms with E-state index >= 15 is 0 Å². The van der Waals surface area contributed by atoms with Gasteiger partial charge >= 0.3 is 0 Å². The minimum Gasteiger partial charge on any atom is -0.374 e. The van der Waals surface area contributed by atoms with Crippen molar-refractivity contribution in [3.63, 3.8) is 0 Å². The molecule has 17 heavy (non-hydrogen) atoms. The lowest BCUT2D eigenvalue weighted by Gasteiger charge is -2.19. The number of non-ortho nitro benzene ring substituents is 1. The second-order valence-corrected chi connectivity index (χ2v) is 4.34. The molecule has 4 nitrogen and oxygen atoms in total. The van der Waals surface area contributed by atoms with Gasteiger partial charge in [-0.3, -0.25) is 10.1 Å². The van der Waals surface area contributed by atoms with Gasteiger partial charge in [0.15, 0.2) is 0 Å². The number of nitro benzene ring substituents is 1. The highest BCUT2D eigenvalue weighted by atomic mass is 35.5. The summed E-state index contributed by atoms with van der Waals surface area (Å²) in [5.41, 5.74) is 1.76. The molecule has 0 aromatic heterocycles. The predicted octanol–water partition coefficient (Wildman–Crippen LogP) is 3.65. The van der Waals surface area contributed by atoms with Gasteiger partial charge in [0, 0.05) is 42.0 Å². The van der Waals surface area contributed by atoms with Crippen molar-refractivity contribution in [2.24, 2.45) is 0 Å². The Morgan fingerprint density at radius 1 is 1.59 bits per heavy atom. The first-order valence-corrected chi connectivity index (χ1v) is 5.67. The van der Waals surface area contributed by atoms with E-state index in [1.807, 2.05) is 18.9 Å². The van der Waals surface area contributed by atoms with Gasteiger partial charge in [-0.2, -0.15) is 0 Å². The summed E-state index contributed by atoms with van der Waals surface area (Å²) in [7, 11) is 1.93. The van der Waals surface area contributed by atoms with E-state index in [2.05, 4.69) is 0 Å². The Morgan fingerprint density at radius 2 is 2.24 bits per heavy atom. The zero-order valence-corrected chi connectivity index (χ0v) is 10.9. The molecule has 0 saturated heterocycles. The van der Waals surface area contributed by atoms with E-state index in [0.29, 0.717) is 5.03 Å². The number of benzene rings is 1. The molecule has 0 aliphatic rings. The number of halogens is 1. The van der Waals surface area contributed by atoms with E-state index in [9.17, 15) is 10.1 Å². The molecule has 0 spiro atoms. The molecule has 1 aromatic carbocycles. The van der Waals surface area contributed by atoms with Crippen LogP contribution in [0, 0.1) is 10.1 Å². The van der Waals surface area contributed by atoms with E-state index in [0.717, 1.165) is 17.8 Å². The van der Waals surface area contributed by atoms with Crippen LogP contribution in [0.15, 0.2) is 23.2 Å². The number of rotatable bonds is 4. The van der Waals surface area contributed by atoms with Gasteiger partial charge in [-0.15, -0.1) is 0 Å². The van der Waals surface area contributed by atoms with Crippen molar-refractivity contribution in [1.82, 2.24) is 0 Å². The summed E-state index contributed by atoms with van der Waals surface area (Å²) in [4.78, 5) is 12.3. The van der Waals surface area contributed by atoms with Gasteiger partial charge in [-0.25, -0.2) is 0 Å². The molecule has 0 N–H and O–H groups in total. The van der Waals surface area contributed by atoms with Crippen molar-refractivity contribution in [2.45, 2.75) is 13.8 Å². The number of hydrogen-bond donors (Lipinski definition) is 0. The summed E-state index contributed by atoms with van der Waals surface area (Å²) >= 11 is 5.84. The number of nitrogens with zero attached hydrogens (tertiary/aromatic N) is 2. The van der Waals surface area contributed by atoms with Crippen LogP contribution in [-0.4, -0.2) is 18.5 Å². The smallest absolute Gasteiger partial charge is 0.270 e. The average Bonchev–Trinajstić information content (AvgIpc) is 2.27. The Labute approximate surface area is 106 Å². The lowest BCUT2D eigenvalue weighted by molar-refractivity contribution is -0.384. The third-order valence-corrected chi connectivity index (χ3v) is 2.57. The van der Waals surface area contributed by atoms with E-state index in [-0.39, 0.29) is 5.69 Å². The Bertz CT molecular complexity index is 454. The van der Waals surface area contributed by atoms with Crippen LogP contribution in [0.3, 0.4) is 0 Å². The maximum atomic E-state index is 10.7. The fraction of sp³-hybridized carbons (Fsp3) is 0.333. The Hall–Kier alpha value is -1.55. The van der Waals surface area contributed by atoms with Crippen LogP contribution in [0.4, 0.5) is 11.4 Å². The first kappa shape index (κ1) is 13.5. The summed E-state index contributed by atoms with van der Waals surface area (Å²) in [6, 6.07) is 4.78. The predicted molar refractivity (Wildman–Crippen MR) is 71.5 cm³/mol. The van der Waals surface area contributed by atoms with Crippen molar-refractivity contribution in [2.75, 3.05) is 18.5 Å². The first-order chi connectivity index (χ1) is 7.95. The molecule has 5 heteroatoms. The van der Waals surface area contributed by atoms with E-state index in [4.69, 9.17) is 11.6 Å². The van der Waals surface area contributed by atoms with Gasteiger partial charge in [0.05, 0.1) is 4.92 Å². The van der Waals surface area contributed by atoms with Crippen LogP contribution in [0.5, 0.6) is 0 Å². The van der Waals surface area contributed by atoms with Crippen LogP contribution in [0.2, 0.25) is 0 Å². The van der Waals surface area contributed by atoms with E-state index in [1.54, 1.807) is 19.1 Å². The van der Waals surface area contributed by atoms with Gasteiger partial charge in [0.1, 0.15) is 0 Å². The summed E-state index contributed by atoms with van der Waals surface area (Å²) in [6.07, 6.45) is 1.73. The fourth-order valence-corrected chi connectivity index (χ4v) is 1.62. The second-order valence-electron chi connectivity index (χ2n) is 3.75.